The van der Waals surface area contributed by atoms with Gasteiger partial charge in [0.05, 0.1) is 13.0 Å². The number of aromatic nitrogens is 1. The number of nitrogens with zero attached hydrogens (tertiary/aromatic N) is 1. The molecule has 0 radical (unpaired) electrons. The molecule has 0 atom stereocenters. The summed E-state index contributed by atoms with van der Waals surface area (Å²) >= 11 is 0. The highest BCUT2D eigenvalue weighted by Gasteiger charge is 2.33. The van der Waals surface area contributed by atoms with E-state index in [1.807, 2.05) is 0 Å². The van der Waals surface area contributed by atoms with E-state index < -0.39 is 18.3 Å². The average Bonchev–Trinajstić information content (AvgIpc) is 2.19. The van der Waals surface area contributed by atoms with Crippen molar-refractivity contribution in [3.8, 4) is 0 Å². The number of hydrogen-bond donors (Lipinski definition) is 2. The fourth-order valence-electron chi connectivity index (χ4n) is 1.09. The molecule has 0 amide bonds. The first-order valence-corrected chi connectivity index (χ1v) is 4.31. The van der Waals surface area contributed by atoms with Crippen molar-refractivity contribution in [3.05, 3.63) is 34.8 Å². The smallest absolute Gasteiger partial charge is 0.422 e. The van der Waals surface area contributed by atoms with E-state index in [1.54, 1.807) is 0 Å². The van der Waals surface area contributed by atoms with Crippen molar-refractivity contribution in [2.45, 2.75) is 12.6 Å². The summed E-state index contributed by atoms with van der Waals surface area (Å²) in [7, 11) is 0. The van der Waals surface area contributed by atoms with E-state index in [4.69, 9.17) is 10.5 Å². The molecular formula is C9H9F3N2O2. The Bertz CT molecular complexity index is 404. The lowest BCUT2D eigenvalue weighted by Crippen LogP contribution is -2.34. The lowest BCUT2D eigenvalue weighted by atomic mass is 10.1. The molecule has 2 N–H and O–H groups in total. The third-order valence-electron chi connectivity index (χ3n) is 1.91. The second-order valence-corrected chi connectivity index (χ2v) is 3.17. The largest absolute Gasteiger partial charge is 0.618 e. The highest BCUT2D eigenvalue weighted by molar-refractivity contribution is 5.83. The molecule has 0 unspecified atom stereocenters. The summed E-state index contributed by atoms with van der Waals surface area (Å²) in [6, 6.07) is 1.77. The molecule has 0 aromatic carbocycles. The summed E-state index contributed by atoms with van der Waals surface area (Å²) in [5.41, 5.74) is -1.18. The number of pyridine rings is 1. The first kappa shape index (κ1) is 12.4. The van der Waals surface area contributed by atoms with Crippen molar-refractivity contribution in [1.82, 2.24) is 0 Å². The Balaban J connectivity index is 2.96. The van der Waals surface area contributed by atoms with Crippen LogP contribution < -0.4 is 4.73 Å². The minimum absolute atomic E-state index is 0.00736. The summed E-state index contributed by atoms with van der Waals surface area (Å²) in [4.78, 5) is 0. The molecule has 16 heavy (non-hydrogen) atoms. The Labute approximate surface area is 89.0 Å². The van der Waals surface area contributed by atoms with E-state index in [0.717, 1.165) is 12.1 Å². The van der Waals surface area contributed by atoms with Gasteiger partial charge in [-0.2, -0.15) is 17.9 Å². The van der Waals surface area contributed by atoms with Gasteiger partial charge in [-0.05, 0) is 6.07 Å². The Hall–Kier alpha value is -1.63. The Kier molecular flexibility index (Phi) is 3.48. The lowest BCUT2D eigenvalue weighted by molar-refractivity contribution is -0.614. The molecule has 0 fully saturated rings. The maximum absolute atomic E-state index is 12.2. The molecule has 7 heteroatoms. The van der Waals surface area contributed by atoms with Crippen molar-refractivity contribution in [1.29, 1.82) is 5.41 Å². The van der Waals surface area contributed by atoms with Crippen LogP contribution in [0, 0.1) is 10.6 Å². The van der Waals surface area contributed by atoms with E-state index in [0.29, 0.717) is 6.20 Å². The summed E-state index contributed by atoms with van der Waals surface area (Å²) in [5, 5.41) is 26.9. The monoisotopic (exact) mass is 234 g/mol. The van der Waals surface area contributed by atoms with Gasteiger partial charge in [0.2, 0.25) is 0 Å². The standard InChI is InChI=1S/C9H9F3N2O2/c10-9(11,12)6-1-2-8(14(16)4-6)3-7(13)5-15/h1-2,4,13,15H,3,5H2. The van der Waals surface area contributed by atoms with Crippen molar-refractivity contribution in [2.24, 2.45) is 0 Å². The van der Waals surface area contributed by atoms with Gasteiger partial charge in [-0.1, -0.05) is 0 Å². The quantitative estimate of drug-likeness (QED) is 0.463. The van der Waals surface area contributed by atoms with Gasteiger partial charge >= 0.3 is 6.18 Å². The third kappa shape index (κ3) is 2.93. The van der Waals surface area contributed by atoms with Gasteiger partial charge in [-0.15, -0.1) is 0 Å². The minimum Gasteiger partial charge on any atom is -0.618 e. The number of rotatable bonds is 3. The Morgan fingerprint density at radius 3 is 2.50 bits per heavy atom. The molecule has 1 heterocycles. The van der Waals surface area contributed by atoms with Gasteiger partial charge in [0.15, 0.2) is 11.9 Å². The summed E-state index contributed by atoms with van der Waals surface area (Å²) in [5.74, 6) is 0. The number of hydrogen-bond acceptors (Lipinski definition) is 3. The predicted octanol–water partition coefficient (Wildman–Crippen LogP) is 0.893. The highest BCUT2D eigenvalue weighted by atomic mass is 19.4. The van der Waals surface area contributed by atoms with E-state index in [-0.39, 0.29) is 22.6 Å². The molecule has 0 aliphatic carbocycles. The second-order valence-electron chi connectivity index (χ2n) is 3.17. The van der Waals surface area contributed by atoms with Crippen molar-refractivity contribution >= 4 is 5.71 Å². The van der Waals surface area contributed by atoms with Gasteiger partial charge in [-0.3, -0.25) is 0 Å². The van der Waals surface area contributed by atoms with Crippen LogP contribution in [0.25, 0.3) is 0 Å². The van der Waals surface area contributed by atoms with Crippen LogP contribution in [-0.4, -0.2) is 17.4 Å². The molecule has 1 aromatic rings. The predicted molar refractivity (Wildman–Crippen MR) is 48.9 cm³/mol. The minimum atomic E-state index is -4.56. The third-order valence-corrected chi connectivity index (χ3v) is 1.91. The van der Waals surface area contributed by atoms with Gasteiger partial charge in [-0.25, -0.2) is 0 Å². The fourth-order valence-corrected chi connectivity index (χ4v) is 1.09. The molecule has 0 saturated carbocycles. The van der Waals surface area contributed by atoms with Gasteiger partial charge in [0.25, 0.3) is 0 Å². The molecule has 0 spiro atoms. The van der Waals surface area contributed by atoms with Gasteiger partial charge in [0.1, 0.15) is 5.56 Å². The van der Waals surface area contributed by atoms with Crippen LogP contribution in [0.3, 0.4) is 0 Å². The number of aliphatic hydroxyl groups excluding tert-OH is 1. The maximum atomic E-state index is 12.2. The normalized spacial score (nSPS) is 11.5. The zero-order valence-electron chi connectivity index (χ0n) is 8.08. The van der Waals surface area contributed by atoms with Crippen LogP contribution in [0.5, 0.6) is 0 Å². The molecule has 4 nitrogen and oxygen atoms in total. The zero-order chi connectivity index (χ0) is 12.3. The second kappa shape index (κ2) is 4.48. The maximum Gasteiger partial charge on any atom is 0.422 e. The van der Waals surface area contributed by atoms with Crippen LogP contribution in [0.4, 0.5) is 13.2 Å². The SMILES string of the molecule is N=C(CO)Cc1ccc(C(F)(F)F)c[n+]1[O-]. The van der Waals surface area contributed by atoms with Crippen LogP contribution in [-0.2, 0) is 12.6 Å². The van der Waals surface area contributed by atoms with E-state index >= 15 is 0 Å². The van der Waals surface area contributed by atoms with Crippen LogP contribution >= 0.6 is 0 Å². The van der Waals surface area contributed by atoms with Crippen LogP contribution in [0.2, 0.25) is 0 Å². The van der Waals surface area contributed by atoms with Crippen molar-refractivity contribution in [2.75, 3.05) is 6.61 Å². The van der Waals surface area contributed by atoms with Crippen LogP contribution in [0.1, 0.15) is 11.3 Å². The fraction of sp³-hybridized carbons (Fsp3) is 0.333. The van der Waals surface area contributed by atoms with Crippen LogP contribution in [0.15, 0.2) is 18.3 Å². The topological polar surface area (TPSA) is 71.0 Å². The van der Waals surface area contributed by atoms with E-state index in [2.05, 4.69) is 0 Å². The molecule has 88 valence electrons. The average molecular weight is 234 g/mol. The summed E-state index contributed by atoms with van der Waals surface area (Å²) in [6.07, 6.45) is -4.31. The Morgan fingerprint density at radius 1 is 1.44 bits per heavy atom. The molecule has 0 bridgehead atoms. The highest BCUT2D eigenvalue weighted by Crippen LogP contribution is 2.27. The van der Waals surface area contributed by atoms with Crippen molar-refractivity contribution in [3.63, 3.8) is 0 Å². The van der Waals surface area contributed by atoms with Gasteiger partial charge < -0.3 is 15.7 Å². The first-order valence-electron chi connectivity index (χ1n) is 4.31. The number of nitrogens with one attached hydrogen (secondary N) is 1. The first-order chi connectivity index (χ1) is 7.34. The van der Waals surface area contributed by atoms with Crippen molar-refractivity contribution < 1.29 is 23.0 Å². The zero-order valence-corrected chi connectivity index (χ0v) is 8.08. The molecule has 1 rings (SSSR count). The summed E-state index contributed by atoms with van der Waals surface area (Å²) in [6.45, 7) is -0.527. The molecule has 0 aliphatic heterocycles. The lowest BCUT2D eigenvalue weighted by Gasteiger charge is -2.08. The molecule has 0 saturated heterocycles. The van der Waals surface area contributed by atoms with Gasteiger partial charge in [0, 0.05) is 11.8 Å². The number of aliphatic hydroxyl groups is 1. The number of alkyl halides is 3. The molecule has 0 aliphatic rings. The number of halogens is 3. The molecule has 1 aromatic heterocycles. The summed E-state index contributed by atoms with van der Waals surface area (Å²) < 4.78 is 36.6. The Morgan fingerprint density at radius 2 is 2.06 bits per heavy atom. The molecular weight excluding hydrogens is 225 g/mol. The van der Waals surface area contributed by atoms with E-state index in [9.17, 15) is 18.4 Å². The van der Waals surface area contributed by atoms with E-state index in [1.165, 1.54) is 0 Å².